The van der Waals surface area contributed by atoms with Crippen LogP contribution in [-0.2, 0) is 11.2 Å². The van der Waals surface area contributed by atoms with Crippen LogP contribution in [0.5, 0.6) is 0 Å². The highest BCUT2D eigenvalue weighted by molar-refractivity contribution is 7.99. The molecule has 0 radical (unpaired) electrons. The Morgan fingerprint density at radius 2 is 2.15 bits per heavy atom. The highest BCUT2D eigenvalue weighted by Gasteiger charge is 2.17. The minimum Gasteiger partial charge on any atom is -0.395 e. The zero-order valence-electron chi connectivity index (χ0n) is 11.5. The number of halogens is 2. The van der Waals surface area contributed by atoms with E-state index >= 15 is 0 Å². The van der Waals surface area contributed by atoms with Gasteiger partial charge in [0.1, 0.15) is 0 Å². The van der Waals surface area contributed by atoms with Gasteiger partial charge in [0, 0.05) is 17.7 Å². The van der Waals surface area contributed by atoms with Gasteiger partial charge in [-0.2, -0.15) is 11.8 Å². The molecule has 0 aliphatic carbocycles. The zero-order chi connectivity index (χ0) is 15.1. The van der Waals surface area contributed by atoms with Crippen molar-refractivity contribution in [3.05, 3.63) is 35.4 Å². The van der Waals surface area contributed by atoms with Crippen molar-refractivity contribution in [2.45, 2.75) is 31.1 Å². The largest absolute Gasteiger partial charge is 0.395 e. The minimum atomic E-state index is -0.904. The molecule has 0 aromatic heterocycles. The summed E-state index contributed by atoms with van der Waals surface area (Å²) in [6.07, 6.45) is 2.08. The van der Waals surface area contributed by atoms with E-state index in [2.05, 4.69) is 5.32 Å². The molecule has 2 atom stereocenters. The van der Waals surface area contributed by atoms with Crippen molar-refractivity contribution in [2.75, 3.05) is 12.9 Å². The van der Waals surface area contributed by atoms with Crippen LogP contribution in [0.15, 0.2) is 18.2 Å². The molecule has 0 aliphatic heterocycles. The summed E-state index contributed by atoms with van der Waals surface area (Å²) in [6, 6.07) is 3.75. The van der Waals surface area contributed by atoms with Crippen LogP contribution >= 0.6 is 11.8 Å². The molecule has 6 heteroatoms. The summed E-state index contributed by atoms with van der Waals surface area (Å²) < 4.78 is 26.4. The summed E-state index contributed by atoms with van der Waals surface area (Å²) in [5.41, 5.74) is 0.191. The third-order valence-electron chi connectivity index (χ3n) is 3.08. The fourth-order valence-electron chi connectivity index (χ4n) is 1.85. The number of rotatable bonds is 7. The molecule has 0 heterocycles. The predicted molar refractivity (Wildman–Crippen MR) is 76.7 cm³/mol. The molecule has 2 N–H and O–H groups in total. The van der Waals surface area contributed by atoms with E-state index in [0.29, 0.717) is 0 Å². The van der Waals surface area contributed by atoms with Crippen LogP contribution in [0.4, 0.5) is 8.78 Å². The molecular weight excluding hydrogens is 284 g/mol. The van der Waals surface area contributed by atoms with E-state index in [1.54, 1.807) is 6.92 Å². The van der Waals surface area contributed by atoms with Gasteiger partial charge in [-0.15, -0.1) is 0 Å². The van der Waals surface area contributed by atoms with Crippen LogP contribution in [0.1, 0.15) is 18.9 Å². The molecule has 0 aliphatic rings. The standard InChI is InChI=1S/C14H19F2NO2S/c1-9(12(8-18)20-2)17-13(19)7-6-10-4-3-5-11(15)14(10)16/h3-5,9,12,18H,6-8H2,1-2H3,(H,17,19). The van der Waals surface area contributed by atoms with Crippen LogP contribution in [0.2, 0.25) is 0 Å². The van der Waals surface area contributed by atoms with Crippen LogP contribution in [-0.4, -0.2) is 35.2 Å². The smallest absolute Gasteiger partial charge is 0.220 e. The second-order valence-corrected chi connectivity index (χ2v) is 5.60. The molecule has 1 aromatic rings. The van der Waals surface area contributed by atoms with Crippen molar-refractivity contribution < 1.29 is 18.7 Å². The summed E-state index contributed by atoms with van der Waals surface area (Å²) in [5, 5.41) is 11.8. The molecule has 0 saturated carbocycles. The summed E-state index contributed by atoms with van der Waals surface area (Å²) >= 11 is 1.46. The lowest BCUT2D eigenvalue weighted by molar-refractivity contribution is -0.121. The SMILES string of the molecule is CSC(CO)C(C)NC(=O)CCc1cccc(F)c1F. The fourth-order valence-corrected chi connectivity index (χ4v) is 2.47. The van der Waals surface area contributed by atoms with E-state index in [4.69, 9.17) is 5.11 Å². The second-order valence-electron chi connectivity index (χ2n) is 4.53. The van der Waals surface area contributed by atoms with Crippen molar-refractivity contribution in [1.29, 1.82) is 0 Å². The lowest BCUT2D eigenvalue weighted by Gasteiger charge is -2.21. The van der Waals surface area contributed by atoms with Gasteiger partial charge in [0.05, 0.1) is 6.61 Å². The van der Waals surface area contributed by atoms with Gasteiger partial charge in [0.15, 0.2) is 11.6 Å². The monoisotopic (exact) mass is 303 g/mol. The molecule has 0 fully saturated rings. The molecule has 1 amide bonds. The van der Waals surface area contributed by atoms with Gasteiger partial charge in [0.2, 0.25) is 5.91 Å². The quantitative estimate of drug-likeness (QED) is 0.811. The van der Waals surface area contributed by atoms with Crippen LogP contribution in [0, 0.1) is 11.6 Å². The molecule has 0 bridgehead atoms. The average Bonchev–Trinajstić information content (AvgIpc) is 2.42. The Morgan fingerprint density at radius 1 is 1.45 bits per heavy atom. The number of thioether (sulfide) groups is 1. The topological polar surface area (TPSA) is 49.3 Å². The number of nitrogens with one attached hydrogen (secondary N) is 1. The van der Waals surface area contributed by atoms with E-state index in [1.807, 2.05) is 6.26 Å². The molecule has 112 valence electrons. The number of aliphatic hydroxyl groups excluding tert-OH is 1. The summed E-state index contributed by atoms with van der Waals surface area (Å²) in [7, 11) is 0. The lowest BCUT2D eigenvalue weighted by atomic mass is 10.1. The second kappa shape index (κ2) is 8.21. The Morgan fingerprint density at radius 3 is 2.75 bits per heavy atom. The Balaban J connectivity index is 2.49. The lowest BCUT2D eigenvalue weighted by Crippen LogP contribution is -2.41. The summed E-state index contributed by atoms with van der Waals surface area (Å²) in [5.74, 6) is -2.04. The van der Waals surface area contributed by atoms with Crippen LogP contribution in [0.3, 0.4) is 0 Å². The van der Waals surface area contributed by atoms with Gasteiger partial charge >= 0.3 is 0 Å². The number of benzene rings is 1. The highest BCUT2D eigenvalue weighted by atomic mass is 32.2. The normalized spacial score (nSPS) is 13.8. The molecular formula is C14H19F2NO2S. The first-order chi connectivity index (χ1) is 9.49. The number of hydrogen-bond donors (Lipinski definition) is 2. The molecule has 0 spiro atoms. The van der Waals surface area contributed by atoms with Crippen molar-refractivity contribution in [3.8, 4) is 0 Å². The van der Waals surface area contributed by atoms with E-state index in [-0.39, 0.29) is 42.2 Å². The Bertz CT molecular complexity index is 453. The third-order valence-corrected chi connectivity index (χ3v) is 4.24. The first kappa shape index (κ1) is 16.9. The van der Waals surface area contributed by atoms with Gasteiger partial charge in [-0.3, -0.25) is 4.79 Å². The minimum absolute atomic E-state index is 0.0266. The summed E-state index contributed by atoms with van der Waals surface area (Å²) in [6.45, 7) is 1.78. The molecule has 20 heavy (non-hydrogen) atoms. The van der Waals surface area contributed by atoms with Gasteiger partial charge < -0.3 is 10.4 Å². The first-order valence-corrected chi connectivity index (χ1v) is 7.64. The summed E-state index contributed by atoms with van der Waals surface area (Å²) in [4.78, 5) is 11.7. The maximum Gasteiger partial charge on any atom is 0.220 e. The fraction of sp³-hybridized carbons (Fsp3) is 0.500. The van der Waals surface area contributed by atoms with E-state index in [0.717, 1.165) is 6.07 Å². The van der Waals surface area contributed by atoms with Gasteiger partial charge in [-0.1, -0.05) is 12.1 Å². The zero-order valence-corrected chi connectivity index (χ0v) is 12.3. The molecule has 0 saturated heterocycles. The van der Waals surface area contributed by atoms with Crippen LogP contribution < -0.4 is 5.32 Å². The number of amides is 1. The Hall–Kier alpha value is -1.14. The number of aliphatic hydroxyl groups is 1. The highest BCUT2D eigenvalue weighted by Crippen LogP contribution is 2.14. The molecule has 3 nitrogen and oxygen atoms in total. The van der Waals surface area contributed by atoms with Gasteiger partial charge in [0.25, 0.3) is 0 Å². The molecule has 1 rings (SSSR count). The first-order valence-electron chi connectivity index (χ1n) is 6.35. The number of carbonyl (C=O) groups excluding carboxylic acids is 1. The van der Waals surface area contributed by atoms with Crippen molar-refractivity contribution >= 4 is 17.7 Å². The third kappa shape index (κ3) is 4.76. The maximum atomic E-state index is 13.4. The Labute approximate surface area is 121 Å². The van der Waals surface area contributed by atoms with E-state index in [9.17, 15) is 13.6 Å². The predicted octanol–water partition coefficient (Wildman–Crippen LogP) is 2.13. The number of carbonyl (C=O) groups is 1. The number of hydrogen-bond acceptors (Lipinski definition) is 3. The molecule has 1 aromatic carbocycles. The average molecular weight is 303 g/mol. The Kier molecular flexibility index (Phi) is 6.95. The van der Waals surface area contributed by atoms with E-state index in [1.165, 1.54) is 23.9 Å². The van der Waals surface area contributed by atoms with Gasteiger partial charge in [-0.25, -0.2) is 8.78 Å². The van der Waals surface area contributed by atoms with Crippen molar-refractivity contribution in [3.63, 3.8) is 0 Å². The molecule has 2 unspecified atom stereocenters. The van der Waals surface area contributed by atoms with Crippen LogP contribution in [0.25, 0.3) is 0 Å². The maximum absolute atomic E-state index is 13.4. The number of aryl methyl sites for hydroxylation is 1. The van der Waals surface area contributed by atoms with E-state index < -0.39 is 11.6 Å². The van der Waals surface area contributed by atoms with Crippen molar-refractivity contribution in [2.24, 2.45) is 0 Å². The van der Waals surface area contributed by atoms with Crippen molar-refractivity contribution in [1.82, 2.24) is 5.32 Å². The van der Waals surface area contributed by atoms with Gasteiger partial charge in [-0.05, 0) is 31.2 Å².